The van der Waals surface area contributed by atoms with Crippen LogP contribution in [0.15, 0.2) is 42.5 Å². The number of benzene rings is 2. The Morgan fingerprint density at radius 3 is 2.12 bits per heavy atom. The lowest BCUT2D eigenvalue weighted by molar-refractivity contribution is -0.116. The van der Waals surface area contributed by atoms with Gasteiger partial charge in [-0.3, -0.25) is 9.59 Å². The molecule has 0 radical (unpaired) electrons. The highest BCUT2D eigenvalue weighted by molar-refractivity contribution is 5.97. The Morgan fingerprint density at radius 1 is 0.923 bits per heavy atom. The second-order valence-corrected chi connectivity index (χ2v) is 5.74. The maximum atomic E-state index is 12.2. The highest BCUT2D eigenvalue weighted by Crippen LogP contribution is 2.23. The van der Waals surface area contributed by atoms with Crippen LogP contribution in [0.2, 0.25) is 0 Å². The van der Waals surface area contributed by atoms with Crippen LogP contribution >= 0.6 is 0 Å². The number of amides is 2. The molecule has 0 heterocycles. The molecule has 6 heteroatoms. The fourth-order valence-corrected chi connectivity index (χ4v) is 2.36. The van der Waals surface area contributed by atoms with Crippen molar-refractivity contribution in [2.75, 3.05) is 29.1 Å². The van der Waals surface area contributed by atoms with Crippen molar-refractivity contribution in [2.24, 2.45) is 0 Å². The van der Waals surface area contributed by atoms with E-state index < -0.39 is 0 Å². The van der Waals surface area contributed by atoms with Crippen LogP contribution in [0.1, 0.15) is 25.8 Å². The first-order valence-corrected chi connectivity index (χ1v) is 8.69. The molecule has 2 rings (SSSR count). The molecular formula is C20H25N3O3. The van der Waals surface area contributed by atoms with Crippen LogP contribution in [-0.2, 0) is 9.59 Å². The smallest absolute Gasteiger partial charge is 0.243 e. The van der Waals surface area contributed by atoms with Gasteiger partial charge in [-0.25, -0.2) is 0 Å². The minimum atomic E-state index is -0.166. The fourth-order valence-electron chi connectivity index (χ4n) is 2.36. The number of hydrogen-bond acceptors (Lipinski definition) is 4. The van der Waals surface area contributed by atoms with Crippen molar-refractivity contribution >= 4 is 28.9 Å². The number of carbonyl (C=O) groups excluding carboxylic acids is 2. The number of nitrogens with one attached hydrogen (secondary N) is 3. The van der Waals surface area contributed by atoms with Gasteiger partial charge in [0, 0.05) is 23.5 Å². The van der Waals surface area contributed by atoms with Crippen molar-refractivity contribution in [1.29, 1.82) is 0 Å². The van der Waals surface area contributed by atoms with Crippen molar-refractivity contribution in [3.8, 4) is 5.75 Å². The van der Waals surface area contributed by atoms with Gasteiger partial charge >= 0.3 is 0 Å². The number of anilines is 3. The quantitative estimate of drug-likeness (QED) is 0.673. The summed E-state index contributed by atoms with van der Waals surface area (Å²) in [7, 11) is 0. The zero-order valence-corrected chi connectivity index (χ0v) is 15.4. The van der Waals surface area contributed by atoms with Crippen molar-refractivity contribution in [1.82, 2.24) is 0 Å². The Kier molecular flexibility index (Phi) is 7.02. The van der Waals surface area contributed by atoms with Gasteiger partial charge in [0.2, 0.25) is 11.8 Å². The van der Waals surface area contributed by atoms with Gasteiger partial charge < -0.3 is 20.7 Å². The average molecular weight is 355 g/mol. The lowest BCUT2D eigenvalue weighted by Crippen LogP contribution is -2.22. The summed E-state index contributed by atoms with van der Waals surface area (Å²) < 4.78 is 5.39. The zero-order chi connectivity index (χ0) is 18.9. The van der Waals surface area contributed by atoms with E-state index in [1.165, 1.54) is 0 Å². The molecule has 138 valence electrons. The van der Waals surface area contributed by atoms with Gasteiger partial charge in [0.05, 0.1) is 13.2 Å². The van der Waals surface area contributed by atoms with Crippen LogP contribution in [-0.4, -0.2) is 25.0 Å². The summed E-state index contributed by atoms with van der Waals surface area (Å²) in [5.74, 6) is 0.568. The Labute approximate surface area is 153 Å². The predicted octanol–water partition coefficient (Wildman–Crippen LogP) is 3.79. The lowest BCUT2D eigenvalue weighted by Gasteiger charge is -2.14. The largest absolute Gasteiger partial charge is 0.494 e. The molecule has 2 aromatic rings. The normalized spacial score (nSPS) is 10.1. The molecule has 0 atom stereocenters. The van der Waals surface area contributed by atoms with Gasteiger partial charge in [-0.2, -0.15) is 0 Å². The van der Waals surface area contributed by atoms with Crippen molar-refractivity contribution in [3.63, 3.8) is 0 Å². The average Bonchev–Trinajstić information content (AvgIpc) is 2.64. The highest BCUT2D eigenvalue weighted by Gasteiger charge is 2.09. The molecule has 3 N–H and O–H groups in total. The van der Waals surface area contributed by atoms with Crippen LogP contribution in [0.5, 0.6) is 5.75 Å². The molecule has 2 amide bonds. The minimum Gasteiger partial charge on any atom is -0.494 e. The molecule has 0 aliphatic rings. The number of rotatable bonds is 8. The molecule has 26 heavy (non-hydrogen) atoms. The summed E-state index contributed by atoms with van der Waals surface area (Å²) in [6.45, 7) is 6.34. The molecule has 0 bridgehead atoms. The predicted molar refractivity (Wildman–Crippen MR) is 105 cm³/mol. The van der Waals surface area contributed by atoms with Crippen LogP contribution in [0, 0.1) is 6.92 Å². The second-order valence-electron chi connectivity index (χ2n) is 5.74. The molecule has 0 unspecified atom stereocenters. The summed E-state index contributed by atoms with van der Waals surface area (Å²) in [5, 5.41) is 8.77. The Morgan fingerprint density at radius 2 is 1.54 bits per heavy atom. The topological polar surface area (TPSA) is 79.5 Å². The maximum absolute atomic E-state index is 12.2. The monoisotopic (exact) mass is 355 g/mol. The van der Waals surface area contributed by atoms with Crippen LogP contribution in [0.4, 0.5) is 17.1 Å². The Bertz CT molecular complexity index is 757. The minimum absolute atomic E-state index is 0.0613. The van der Waals surface area contributed by atoms with E-state index in [4.69, 9.17) is 4.74 Å². The van der Waals surface area contributed by atoms with Crippen molar-refractivity contribution in [3.05, 3.63) is 48.0 Å². The molecule has 0 aliphatic carbocycles. The Balaban J connectivity index is 1.93. The van der Waals surface area contributed by atoms with E-state index in [9.17, 15) is 9.59 Å². The van der Waals surface area contributed by atoms with Crippen molar-refractivity contribution in [2.45, 2.75) is 27.2 Å². The molecule has 0 saturated heterocycles. The summed E-state index contributed by atoms with van der Waals surface area (Å²) in [6, 6.07) is 12.9. The number of hydrogen-bond donors (Lipinski definition) is 3. The summed E-state index contributed by atoms with van der Waals surface area (Å²) >= 11 is 0. The van der Waals surface area contributed by atoms with E-state index in [1.807, 2.05) is 50.2 Å². The van der Waals surface area contributed by atoms with E-state index in [0.717, 1.165) is 17.0 Å². The van der Waals surface area contributed by atoms with Crippen LogP contribution in [0.25, 0.3) is 0 Å². The van der Waals surface area contributed by atoms with E-state index in [2.05, 4.69) is 16.0 Å². The number of carbonyl (C=O) groups is 2. The summed E-state index contributed by atoms with van der Waals surface area (Å²) in [4.78, 5) is 23.8. The molecular weight excluding hydrogens is 330 g/mol. The SMILES string of the molecule is CCOc1ccc(NCC(=O)Nc2cccc(NC(=O)CC)c2C)cc1. The van der Waals surface area contributed by atoms with Gasteiger partial charge in [-0.1, -0.05) is 13.0 Å². The van der Waals surface area contributed by atoms with E-state index >= 15 is 0 Å². The fraction of sp³-hybridized carbons (Fsp3) is 0.300. The third-order valence-corrected chi connectivity index (χ3v) is 3.82. The first kappa shape index (κ1) is 19.3. The standard InChI is InChI=1S/C20H25N3O3/c1-4-19(24)22-17-7-6-8-18(14(17)3)23-20(25)13-21-15-9-11-16(12-10-15)26-5-2/h6-12,21H,4-5,13H2,1-3H3,(H,22,24)(H,23,25). The molecule has 0 aromatic heterocycles. The Hall–Kier alpha value is -3.02. The van der Waals surface area contributed by atoms with Crippen LogP contribution in [0.3, 0.4) is 0 Å². The molecule has 6 nitrogen and oxygen atoms in total. The molecule has 0 aliphatic heterocycles. The van der Waals surface area contributed by atoms with E-state index in [0.29, 0.717) is 24.4 Å². The van der Waals surface area contributed by atoms with Crippen LogP contribution < -0.4 is 20.7 Å². The highest BCUT2D eigenvalue weighted by atomic mass is 16.5. The van der Waals surface area contributed by atoms with Gasteiger partial charge in [-0.15, -0.1) is 0 Å². The first-order valence-electron chi connectivity index (χ1n) is 8.69. The van der Waals surface area contributed by atoms with Gasteiger partial charge in [0.25, 0.3) is 0 Å². The molecule has 0 spiro atoms. The van der Waals surface area contributed by atoms with Gasteiger partial charge in [-0.05, 0) is 55.8 Å². The maximum Gasteiger partial charge on any atom is 0.243 e. The van der Waals surface area contributed by atoms with Crippen molar-refractivity contribution < 1.29 is 14.3 Å². The second kappa shape index (κ2) is 9.46. The summed E-state index contributed by atoms with van der Waals surface area (Å²) in [5.41, 5.74) is 3.04. The third-order valence-electron chi connectivity index (χ3n) is 3.82. The van der Waals surface area contributed by atoms with E-state index in [1.54, 1.807) is 13.0 Å². The third kappa shape index (κ3) is 5.51. The van der Waals surface area contributed by atoms with Gasteiger partial charge in [0.15, 0.2) is 0 Å². The van der Waals surface area contributed by atoms with Gasteiger partial charge in [0.1, 0.15) is 5.75 Å². The zero-order valence-electron chi connectivity index (χ0n) is 15.4. The molecule has 0 saturated carbocycles. The molecule has 2 aromatic carbocycles. The molecule has 0 fully saturated rings. The lowest BCUT2D eigenvalue weighted by atomic mass is 10.1. The number of ether oxygens (including phenoxy) is 1. The van der Waals surface area contributed by atoms with E-state index in [-0.39, 0.29) is 18.4 Å². The first-order chi connectivity index (χ1) is 12.5. The summed E-state index contributed by atoms with van der Waals surface area (Å²) in [6.07, 6.45) is 0.405.